The maximum Gasteiger partial charge on any atom is 0.511 e. The Kier molecular flexibility index (Phi) is 12.3. The van der Waals surface area contributed by atoms with E-state index >= 15 is 0 Å². The van der Waals surface area contributed by atoms with E-state index in [1.807, 2.05) is 42.5 Å². The van der Waals surface area contributed by atoms with E-state index in [4.69, 9.17) is 40.4 Å². The number of carboxylic acids is 2. The zero-order chi connectivity index (χ0) is 33.9. The van der Waals surface area contributed by atoms with Gasteiger partial charge in [-0.05, 0) is 41.8 Å². The van der Waals surface area contributed by atoms with Crippen molar-refractivity contribution in [3.63, 3.8) is 0 Å². The molecule has 10 nitrogen and oxygen atoms in total. The van der Waals surface area contributed by atoms with Crippen LogP contribution >= 0.6 is 0 Å². The van der Waals surface area contributed by atoms with Crippen LogP contribution in [0.25, 0.3) is 22.2 Å². The molecule has 0 bridgehead atoms. The van der Waals surface area contributed by atoms with Gasteiger partial charge in [0.05, 0.1) is 11.0 Å². The molecule has 0 atom stereocenters. The van der Waals surface area contributed by atoms with Crippen LogP contribution in [0.2, 0.25) is 0 Å². The first-order valence-electron chi connectivity index (χ1n) is 12.9. The van der Waals surface area contributed by atoms with E-state index in [0.29, 0.717) is 18.0 Å². The second-order valence-electron chi connectivity index (χ2n) is 9.13. The van der Waals surface area contributed by atoms with Crippen molar-refractivity contribution in [2.75, 3.05) is 5.73 Å². The Balaban J connectivity index is 0.000000421. The van der Waals surface area contributed by atoms with Gasteiger partial charge >= 0.3 is 30.4 Å². The number of imidazole rings is 1. The van der Waals surface area contributed by atoms with Gasteiger partial charge in [0.1, 0.15) is 11.6 Å². The molecule has 45 heavy (non-hydrogen) atoms. The molecule has 3 aromatic carbocycles. The van der Waals surface area contributed by atoms with E-state index in [2.05, 4.69) is 23.6 Å². The average molecular weight is 644 g/mol. The van der Waals surface area contributed by atoms with Gasteiger partial charge in [-0.15, -0.1) is 0 Å². The standard InChI is InChI=1S/C25H25N3O3.2C2HF3O2/c1-2-3-8-24-27-21-15-19(26)13-14-22(21)28(24)16-17-9-11-18(12-10-17)20-6-4-5-7-23(20)31-25(29)30;2*3-2(4,5)1(6)7/h4-7,9-15H,2-3,8,16,26H2,1H3,(H,29,30);2*(H,6,7). The molecule has 4 aromatic rings. The summed E-state index contributed by atoms with van der Waals surface area (Å²) < 4.78 is 70.6. The number of rotatable bonds is 7. The Morgan fingerprint density at radius 3 is 1.93 bits per heavy atom. The number of aromatic nitrogens is 2. The molecular formula is C29H27F6N3O7. The number of nitrogens with two attached hydrogens (primary N) is 1. The summed E-state index contributed by atoms with van der Waals surface area (Å²) in [6.45, 7) is 2.88. The zero-order valence-electron chi connectivity index (χ0n) is 23.4. The summed E-state index contributed by atoms with van der Waals surface area (Å²) in [4.78, 5) is 33.6. The number of carbonyl (C=O) groups is 3. The number of unbranched alkanes of at least 4 members (excludes halogenated alkanes) is 1. The number of halogens is 6. The summed E-state index contributed by atoms with van der Waals surface area (Å²) >= 11 is 0. The van der Waals surface area contributed by atoms with Crippen LogP contribution in [-0.4, -0.2) is 55.3 Å². The van der Waals surface area contributed by atoms with Crippen LogP contribution in [0, 0.1) is 0 Å². The van der Waals surface area contributed by atoms with Crippen molar-refractivity contribution >= 4 is 34.8 Å². The molecular weight excluding hydrogens is 616 g/mol. The number of nitrogens with zero attached hydrogens (tertiary/aromatic N) is 2. The number of para-hydroxylation sites is 1. The summed E-state index contributed by atoms with van der Waals surface area (Å²) in [7, 11) is 0. The fraction of sp³-hybridized carbons (Fsp3) is 0.241. The molecule has 16 heteroatoms. The van der Waals surface area contributed by atoms with Gasteiger partial charge in [0.25, 0.3) is 0 Å². The molecule has 0 aliphatic heterocycles. The number of anilines is 1. The number of nitrogen functional groups attached to an aromatic ring is 1. The number of aryl methyl sites for hydroxylation is 1. The highest BCUT2D eigenvalue weighted by molar-refractivity contribution is 5.80. The largest absolute Gasteiger partial charge is 0.511 e. The number of hydrogen-bond donors (Lipinski definition) is 4. The van der Waals surface area contributed by atoms with E-state index in [-0.39, 0.29) is 0 Å². The minimum absolute atomic E-state index is 0.322. The third kappa shape index (κ3) is 11.1. The molecule has 0 radical (unpaired) electrons. The monoisotopic (exact) mass is 643 g/mol. The van der Waals surface area contributed by atoms with Crippen LogP contribution in [0.15, 0.2) is 66.7 Å². The van der Waals surface area contributed by atoms with E-state index in [1.54, 1.807) is 12.1 Å². The summed E-state index contributed by atoms with van der Waals surface area (Å²) in [5, 5.41) is 23.2. The highest BCUT2D eigenvalue weighted by Gasteiger charge is 2.38. The first-order valence-corrected chi connectivity index (χ1v) is 12.9. The van der Waals surface area contributed by atoms with E-state index in [1.165, 1.54) is 0 Å². The van der Waals surface area contributed by atoms with Crippen molar-refractivity contribution in [1.82, 2.24) is 9.55 Å². The Labute approximate surface area is 251 Å². The summed E-state index contributed by atoms with van der Waals surface area (Å²) in [5.41, 5.74) is 11.4. The Morgan fingerprint density at radius 2 is 1.42 bits per heavy atom. The lowest BCUT2D eigenvalue weighted by atomic mass is 10.0. The quantitative estimate of drug-likeness (QED) is 0.0718. The van der Waals surface area contributed by atoms with Crippen molar-refractivity contribution in [2.24, 2.45) is 0 Å². The minimum atomic E-state index is -5.08. The molecule has 0 amide bonds. The molecule has 5 N–H and O–H groups in total. The first kappa shape index (κ1) is 35.9. The van der Waals surface area contributed by atoms with Crippen molar-refractivity contribution in [3.8, 4) is 16.9 Å². The highest BCUT2D eigenvalue weighted by Crippen LogP contribution is 2.30. The Bertz CT molecular complexity index is 1590. The summed E-state index contributed by atoms with van der Waals surface area (Å²) in [5.74, 6) is -4.13. The molecule has 1 heterocycles. The molecule has 4 rings (SSSR count). The zero-order valence-corrected chi connectivity index (χ0v) is 23.4. The minimum Gasteiger partial charge on any atom is -0.475 e. The van der Waals surface area contributed by atoms with Crippen LogP contribution < -0.4 is 10.5 Å². The molecule has 0 fully saturated rings. The average Bonchev–Trinajstić information content (AvgIpc) is 3.27. The molecule has 0 unspecified atom stereocenters. The molecule has 0 saturated carbocycles. The predicted octanol–water partition coefficient (Wildman–Crippen LogP) is 7.00. The SMILES string of the molecule is CCCCc1nc2cc(N)ccc2n1Cc1ccc(-c2ccccc2OC(=O)O)cc1.O=C(O)C(F)(F)F.O=C(O)C(F)(F)F. The van der Waals surface area contributed by atoms with Gasteiger partial charge in [-0.3, -0.25) is 0 Å². The van der Waals surface area contributed by atoms with Crippen LogP contribution in [0.5, 0.6) is 5.75 Å². The van der Waals surface area contributed by atoms with Gasteiger partial charge in [0.15, 0.2) is 0 Å². The number of benzene rings is 3. The topological polar surface area (TPSA) is 165 Å². The van der Waals surface area contributed by atoms with E-state index < -0.39 is 30.4 Å². The maximum atomic E-state index is 11.0. The number of carboxylic acid groups (broad SMARTS) is 3. The number of hydrogen-bond acceptors (Lipinski definition) is 6. The van der Waals surface area contributed by atoms with Crippen LogP contribution in [0.1, 0.15) is 31.2 Å². The van der Waals surface area contributed by atoms with Gasteiger partial charge in [0, 0.05) is 24.2 Å². The van der Waals surface area contributed by atoms with Gasteiger partial charge in [-0.25, -0.2) is 19.4 Å². The molecule has 0 aliphatic rings. The van der Waals surface area contributed by atoms with Crippen LogP contribution in [-0.2, 0) is 22.6 Å². The summed E-state index contributed by atoms with van der Waals surface area (Å²) in [6, 6.07) is 21.1. The number of fused-ring (bicyclic) bond motifs is 1. The number of aliphatic carboxylic acids is 2. The van der Waals surface area contributed by atoms with Crippen LogP contribution in [0.4, 0.5) is 36.8 Å². The number of ether oxygens (including phenoxy) is 1. The second-order valence-corrected chi connectivity index (χ2v) is 9.13. The molecule has 242 valence electrons. The first-order chi connectivity index (χ1) is 20.9. The van der Waals surface area contributed by atoms with E-state index in [0.717, 1.165) is 52.8 Å². The third-order valence-corrected chi connectivity index (χ3v) is 5.78. The maximum absolute atomic E-state index is 11.0. The van der Waals surface area contributed by atoms with Crippen molar-refractivity contribution in [1.29, 1.82) is 0 Å². The van der Waals surface area contributed by atoms with Gasteiger partial charge in [-0.1, -0.05) is 55.8 Å². The van der Waals surface area contributed by atoms with Crippen molar-refractivity contribution in [2.45, 2.75) is 45.1 Å². The highest BCUT2D eigenvalue weighted by atomic mass is 19.4. The number of alkyl halides is 6. The molecule has 0 aliphatic carbocycles. The van der Waals surface area contributed by atoms with Gasteiger partial charge < -0.3 is 30.4 Å². The Morgan fingerprint density at radius 1 is 0.867 bits per heavy atom. The predicted molar refractivity (Wildman–Crippen MR) is 150 cm³/mol. The lowest BCUT2D eigenvalue weighted by molar-refractivity contribution is -0.193. The lowest BCUT2D eigenvalue weighted by Crippen LogP contribution is -2.21. The fourth-order valence-corrected chi connectivity index (χ4v) is 3.76. The smallest absolute Gasteiger partial charge is 0.475 e. The second kappa shape index (κ2) is 15.4. The third-order valence-electron chi connectivity index (χ3n) is 5.78. The van der Waals surface area contributed by atoms with E-state index in [9.17, 15) is 31.1 Å². The van der Waals surface area contributed by atoms with Crippen molar-refractivity contribution < 1.29 is 60.8 Å². The molecule has 0 saturated heterocycles. The molecule has 0 spiro atoms. The van der Waals surface area contributed by atoms with Gasteiger partial charge in [0.2, 0.25) is 0 Å². The Hall–Kier alpha value is -5.28. The fourth-order valence-electron chi connectivity index (χ4n) is 3.76. The normalized spacial score (nSPS) is 11.1. The van der Waals surface area contributed by atoms with Crippen molar-refractivity contribution in [3.05, 3.63) is 78.1 Å². The van der Waals surface area contributed by atoms with Crippen LogP contribution in [0.3, 0.4) is 0 Å². The summed E-state index contributed by atoms with van der Waals surface area (Å²) in [6.07, 6.45) is -8.38. The molecule has 1 aromatic heterocycles. The van der Waals surface area contributed by atoms with Gasteiger partial charge in [-0.2, -0.15) is 26.3 Å². The lowest BCUT2D eigenvalue weighted by Gasteiger charge is -2.11.